The Labute approximate surface area is 128 Å². The molecule has 1 atom stereocenters. The first-order chi connectivity index (χ1) is 10.1. The van der Waals surface area contributed by atoms with E-state index in [9.17, 15) is 0 Å². The summed E-state index contributed by atoms with van der Waals surface area (Å²) in [4.78, 5) is 4.35. The van der Waals surface area contributed by atoms with Crippen LogP contribution >= 0.6 is 11.6 Å². The summed E-state index contributed by atoms with van der Waals surface area (Å²) in [6.07, 6.45) is 0.938. The molecule has 0 saturated heterocycles. The lowest BCUT2D eigenvalue weighted by Crippen LogP contribution is -2.17. The van der Waals surface area contributed by atoms with Gasteiger partial charge in [0, 0.05) is 23.7 Å². The van der Waals surface area contributed by atoms with Crippen molar-refractivity contribution >= 4 is 28.4 Å². The lowest BCUT2D eigenvalue weighted by atomic mass is 10.1. The topological polar surface area (TPSA) is 38.1 Å². The Morgan fingerprint density at radius 1 is 1.19 bits per heavy atom. The highest BCUT2D eigenvalue weighted by molar-refractivity contribution is 6.30. The highest BCUT2D eigenvalue weighted by Gasteiger charge is 2.07. The second-order valence-corrected chi connectivity index (χ2v) is 5.73. The summed E-state index contributed by atoms with van der Waals surface area (Å²) in [6.45, 7) is 4.02. The molecule has 0 amide bonds. The maximum absolute atomic E-state index is 5.90. The number of hydrogen-bond acceptors (Lipinski definition) is 3. The van der Waals surface area contributed by atoms with Crippen LogP contribution in [0.2, 0.25) is 5.02 Å². The van der Waals surface area contributed by atoms with Crippen molar-refractivity contribution in [1.82, 2.24) is 4.98 Å². The molecule has 1 heterocycles. The van der Waals surface area contributed by atoms with Gasteiger partial charge in [-0.15, -0.1) is 0 Å². The molecule has 0 fully saturated rings. The molecular formula is C17H17ClN2O. The molecule has 1 N–H and O–H groups in total. The summed E-state index contributed by atoms with van der Waals surface area (Å²) in [5.41, 5.74) is 4.02. The molecule has 0 spiro atoms. The molecule has 0 aliphatic carbocycles. The van der Waals surface area contributed by atoms with Gasteiger partial charge in [-0.05, 0) is 49.2 Å². The number of halogens is 1. The molecule has 3 aromatic rings. The molecule has 0 aliphatic rings. The van der Waals surface area contributed by atoms with E-state index >= 15 is 0 Å². The molecule has 1 aromatic heterocycles. The minimum Gasteiger partial charge on any atom is -0.441 e. The third kappa shape index (κ3) is 3.37. The van der Waals surface area contributed by atoms with E-state index in [-0.39, 0.29) is 0 Å². The Kier molecular flexibility index (Phi) is 3.84. The quantitative estimate of drug-likeness (QED) is 0.749. The van der Waals surface area contributed by atoms with Crippen LogP contribution in [0.1, 0.15) is 18.4 Å². The minimum atomic E-state index is 0.316. The molecular weight excluding hydrogens is 284 g/mol. The number of benzene rings is 2. The summed E-state index contributed by atoms with van der Waals surface area (Å²) in [5.74, 6) is 0.691. The molecule has 2 aromatic carbocycles. The third-order valence-electron chi connectivity index (χ3n) is 3.36. The fourth-order valence-corrected chi connectivity index (χ4v) is 2.57. The maximum atomic E-state index is 5.90. The number of anilines is 1. The number of aryl methyl sites for hydroxylation is 1. The van der Waals surface area contributed by atoms with Crippen molar-refractivity contribution in [3.63, 3.8) is 0 Å². The molecule has 3 nitrogen and oxygen atoms in total. The van der Waals surface area contributed by atoms with E-state index in [2.05, 4.69) is 29.4 Å². The van der Waals surface area contributed by atoms with Crippen molar-refractivity contribution in [3.8, 4) is 0 Å². The summed E-state index contributed by atoms with van der Waals surface area (Å²) in [7, 11) is 0. The Morgan fingerprint density at radius 3 is 2.71 bits per heavy atom. The molecule has 0 aliphatic heterocycles. The standard InChI is InChI=1S/C17H17ClN2O/c1-11(9-13-3-5-14(18)6-4-13)19-15-7-8-17-16(10-15)20-12(2)21-17/h3-8,10-11,19H,9H2,1-2H3. The van der Waals surface area contributed by atoms with E-state index in [0.717, 1.165) is 28.2 Å². The number of hydrogen-bond donors (Lipinski definition) is 1. The summed E-state index contributed by atoms with van der Waals surface area (Å²) >= 11 is 5.90. The normalized spacial score (nSPS) is 12.5. The number of fused-ring (bicyclic) bond motifs is 1. The fourth-order valence-electron chi connectivity index (χ4n) is 2.44. The molecule has 0 radical (unpaired) electrons. The van der Waals surface area contributed by atoms with Gasteiger partial charge in [-0.25, -0.2) is 4.98 Å². The van der Waals surface area contributed by atoms with Crippen molar-refractivity contribution in [2.75, 3.05) is 5.32 Å². The Morgan fingerprint density at radius 2 is 1.95 bits per heavy atom. The molecule has 21 heavy (non-hydrogen) atoms. The average molecular weight is 301 g/mol. The van der Waals surface area contributed by atoms with Gasteiger partial charge in [0.25, 0.3) is 0 Å². The predicted molar refractivity (Wildman–Crippen MR) is 87.0 cm³/mol. The summed E-state index contributed by atoms with van der Waals surface area (Å²) in [5, 5.41) is 4.26. The average Bonchev–Trinajstić information content (AvgIpc) is 2.80. The monoisotopic (exact) mass is 300 g/mol. The van der Waals surface area contributed by atoms with E-state index in [4.69, 9.17) is 16.0 Å². The summed E-state index contributed by atoms with van der Waals surface area (Å²) in [6, 6.07) is 14.3. The van der Waals surface area contributed by atoms with Gasteiger partial charge < -0.3 is 9.73 Å². The van der Waals surface area contributed by atoms with Gasteiger partial charge in [-0.2, -0.15) is 0 Å². The number of oxazole rings is 1. The zero-order valence-electron chi connectivity index (χ0n) is 12.1. The Hall–Kier alpha value is -2.00. The van der Waals surface area contributed by atoms with E-state index in [1.165, 1.54) is 5.56 Å². The van der Waals surface area contributed by atoms with Crippen molar-refractivity contribution in [2.45, 2.75) is 26.3 Å². The summed E-state index contributed by atoms with van der Waals surface area (Å²) < 4.78 is 5.48. The number of nitrogens with zero attached hydrogens (tertiary/aromatic N) is 1. The van der Waals surface area contributed by atoms with Crippen LogP contribution in [-0.2, 0) is 6.42 Å². The van der Waals surface area contributed by atoms with Crippen LogP contribution in [0.5, 0.6) is 0 Å². The zero-order valence-corrected chi connectivity index (χ0v) is 12.8. The van der Waals surface area contributed by atoms with E-state index in [1.54, 1.807) is 0 Å². The first kappa shape index (κ1) is 14.0. The van der Waals surface area contributed by atoms with E-state index in [1.807, 2.05) is 37.3 Å². The second kappa shape index (κ2) is 5.78. The van der Waals surface area contributed by atoms with Crippen LogP contribution in [0.15, 0.2) is 46.9 Å². The predicted octanol–water partition coefficient (Wildman–Crippen LogP) is 4.83. The van der Waals surface area contributed by atoms with Gasteiger partial charge in [0.15, 0.2) is 11.5 Å². The Bertz CT molecular complexity index is 749. The highest BCUT2D eigenvalue weighted by Crippen LogP contribution is 2.21. The van der Waals surface area contributed by atoms with Crippen LogP contribution in [0.3, 0.4) is 0 Å². The number of aromatic nitrogens is 1. The highest BCUT2D eigenvalue weighted by atomic mass is 35.5. The van der Waals surface area contributed by atoms with Crippen LogP contribution < -0.4 is 5.32 Å². The maximum Gasteiger partial charge on any atom is 0.192 e. The molecule has 3 rings (SSSR count). The van der Waals surface area contributed by atoms with Crippen molar-refractivity contribution in [1.29, 1.82) is 0 Å². The van der Waals surface area contributed by atoms with Crippen LogP contribution in [0, 0.1) is 6.92 Å². The molecule has 0 saturated carbocycles. The van der Waals surface area contributed by atoms with Gasteiger partial charge in [0.1, 0.15) is 5.52 Å². The van der Waals surface area contributed by atoms with Gasteiger partial charge in [0.2, 0.25) is 0 Å². The van der Waals surface area contributed by atoms with E-state index in [0.29, 0.717) is 11.9 Å². The SMILES string of the molecule is Cc1nc2cc(NC(C)Cc3ccc(Cl)cc3)ccc2o1. The third-order valence-corrected chi connectivity index (χ3v) is 3.61. The van der Waals surface area contributed by atoms with Gasteiger partial charge in [-0.1, -0.05) is 23.7 Å². The second-order valence-electron chi connectivity index (χ2n) is 5.29. The van der Waals surface area contributed by atoms with Crippen molar-refractivity contribution in [2.24, 2.45) is 0 Å². The first-order valence-corrected chi connectivity index (χ1v) is 7.36. The minimum absolute atomic E-state index is 0.316. The zero-order chi connectivity index (χ0) is 14.8. The molecule has 1 unspecified atom stereocenters. The lowest BCUT2D eigenvalue weighted by Gasteiger charge is -2.15. The van der Waals surface area contributed by atoms with Crippen molar-refractivity contribution < 1.29 is 4.42 Å². The number of nitrogens with one attached hydrogen (secondary N) is 1. The van der Waals surface area contributed by atoms with Gasteiger partial charge in [0.05, 0.1) is 0 Å². The molecule has 108 valence electrons. The van der Waals surface area contributed by atoms with Crippen LogP contribution in [0.25, 0.3) is 11.1 Å². The largest absolute Gasteiger partial charge is 0.441 e. The molecule has 4 heteroatoms. The van der Waals surface area contributed by atoms with Crippen LogP contribution in [0.4, 0.5) is 5.69 Å². The smallest absolute Gasteiger partial charge is 0.192 e. The molecule has 0 bridgehead atoms. The van der Waals surface area contributed by atoms with Crippen LogP contribution in [-0.4, -0.2) is 11.0 Å². The van der Waals surface area contributed by atoms with E-state index < -0.39 is 0 Å². The number of rotatable bonds is 4. The Balaban J connectivity index is 1.70. The fraction of sp³-hybridized carbons (Fsp3) is 0.235. The lowest BCUT2D eigenvalue weighted by molar-refractivity contribution is 0.561. The first-order valence-electron chi connectivity index (χ1n) is 6.98. The van der Waals surface area contributed by atoms with Gasteiger partial charge >= 0.3 is 0 Å². The van der Waals surface area contributed by atoms with Crippen molar-refractivity contribution in [3.05, 3.63) is 58.9 Å². The van der Waals surface area contributed by atoms with Gasteiger partial charge in [-0.3, -0.25) is 0 Å².